The summed E-state index contributed by atoms with van der Waals surface area (Å²) in [6, 6.07) is 7.97. The zero-order valence-corrected chi connectivity index (χ0v) is 21.1. The highest BCUT2D eigenvalue weighted by Crippen LogP contribution is 2.40. The van der Waals surface area contributed by atoms with Crippen LogP contribution in [0.15, 0.2) is 24.3 Å². The second-order valence-corrected chi connectivity index (χ2v) is 11.3. The zero-order chi connectivity index (χ0) is 23.5. The van der Waals surface area contributed by atoms with Crippen molar-refractivity contribution in [1.29, 1.82) is 0 Å². The number of nitrogens with two attached hydrogens (primary N) is 1. The molecule has 1 aromatic carbocycles. The van der Waals surface area contributed by atoms with Crippen molar-refractivity contribution in [2.75, 3.05) is 26.0 Å². The third-order valence-electron chi connectivity index (χ3n) is 6.03. The maximum atomic E-state index is 12.9. The molecule has 1 fully saturated rings. The van der Waals surface area contributed by atoms with Crippen molar-refractivity contribution in [1.82, 2.24) is 10.2 Å². The van der Waals surface area contributed by atoms with Crippen molar-refractivity contribution in [3.63, 3.8) is 0 Å². The number of hydrogen-bond donors (Lipinski definition) is 2. The summed E-state index contributed by atoms with van der Waals surface area (Å²) in [4.78, 5) is 26.9. The maximum absolute atomic E-state index is 12.9. The van der Waals surface area contributed by atoms with Gasteiger partial charge in [0.25, 0.3) is 0 Å². The lowest BCUT2D eigenvalue weighted by molar-refractivity contribution is -0.151. The van der Waals surface area contributed by atoms with Crippen molar-refractivity contribution in [3.8, 4) is 0 Å². The molecular weight excluding hydrogens is 458 g/mol. The molecule has 0 aliphatic carbocycles. The van der Waals surface area contributed by atoms with Crippen LogP contribution in [0, 0.1) is 0 Å². The Balaban J connectivity index is 1.38. The molecular formula is C24H37N3O4S2. The molecule has 3 atom stereocenters. The molecule has 9 heteroatoms. The number of amides is 1. The molecule has 33 heavy (non-hydrogen) atoms. The van der Waals surface area contributed by atoms with Crippen LogP contribution in [-0.4, -0.2) is 54.2 Å². The lowest BCUT2D eigenvalue weighted by Crippen LogP contribution is -2.38. The Morgan fingerprint density at radius 3 is 2.85 bits per heavy atom. The van der Waals surface area contributed by atoms with Gasteiger partial charge in [-0.2, -0.15) is 0 Å². The first-order valence-corrected chi connectivity index (χ1v) is 14.3. The van der Waals surface area contributed by atoms with Crippen molar-refractivity contribution >= 4 is 33.5 Å². The number of nitrogens with zero attached hydrogens (tertiary/aromatic N) is 1. The van der Waals surface area contributed by atoms with E-state index in [-0.39, 0.29) is 18.1 Å². The predicted molar refractivity (Wildman–Crippen MR) is 134 cm³/mol. The standard InChI is InChI=1S/C24H37N3O4S2/c1-30-24-20-9-4-2-7-18(20)17-27(24)22(28)12-15-26-21(10-6-14-25)31-23(29)11-5-3-8-19-13-16-32-33-19/h2,4,7,9,19,21,24,26H,3,5-6,8,10-17,25H2,1H3. The second-order valence-electron chi connectivity index (χ2n) is 8.50. The van der Waals surface area contributed by atoms with Crippen LogP contribution < -0.4 is 11.1 Å². The topological polar surface area (TPSA) is 93.9 Å². The molecule has 0 radical (unpaired) electrons. The molecule has 184 valence electrons. The summed E-state index contributed by atoms with van der Waals surface area (Å²) in [6.45, 7) is 1.52. The molecule has 7 nitrogen and oxygen atoms in total. The largest absolute Gasteiger partial charge is 0.447 e. The third kappa shape index (κ3) is 8.17. The number of unbranched alkanes of at least 4 members (excludes halogenated alkanes) is 1. The Hall–Kier alpha value is -1.26. The van der Waals surface area contributed by atoms with Gasteiger partial charge in [-0.15, -0.1) is 0 Å². The smallest absolute Gasteiger partial charge is 0.307 e. The van der Waals surface area contributed by atoms with Gasteiger partial charge < -0.3 is 20.1 Å². The Kier molecular flexibility index (Phi) is 11.3. The average Bonchev–Trinajstić information content (AvgIpc) is 3.47. The summed E-state index contributed by atoms with van der Waals surface area (Å²) in [7, 11) is 5.55. The molecule has 3 rings (SSSR count). The van der Waals surface area contributed by atoms with Gasteiger partial charge in [0.15, 0.2) is 12.5 Å². The summed E-state index contributed by atoms with van der Waals surface area (Å²) in [5.41, 5.74) is 7.81. The lowest BCUT2D eigenvalue weighted by atomic mass is 10.1. The van der Waals surface area contributed by atoms with Crippen LogP contribution in [0.25, 0.3) is 0 Å². The first kappa shape index (κ1) is 26.3. The fraction of sp³-hybridized carbons (Fsp3) is 0.667. The van der Waals surface area contributed by atoms with Crippen LogP contribution in [0.3, 0.4) is 0 Å². The van der Waals surface area contributed by atoms with Crippen molar-refractivity contribution < 1.29 is 19.1 Å². The van der Waals surface area contributed by atoms with Gasteiger partial charge in [-0.3, -0.25) is 14.9 Å². The van der Waals surface area contributed by atoms with Crippen LogP contribution in [0.2, 0.25) is 0 Å². The van der Waals surface area contributed by atoms with E-state index in [0.29, 0.717) is 38.9 Å². The van der Waals surface area contributed by atoms with E-state index in [1.807, 2.05) is 45.9 Å². The number of benzene rings is 1. The number of esters is 1. The van der Waals surface area contributed by atoms with Crippen LogP contribution >= 0.6 is 21.6 Å². The molecule has 1 saturated heterocycles. The van der Waals surface area contributed by atoms with Gasteiger partial charge in [-0.1, -0.05) is 52.3 Å². The number of rotatable bonds is 14. The Morgan fingerprint density at radius 2 is 2.09 bits per heavy atom. The molecule has 1 aromatic rings. The molecule has 1 amide bonds. The number of carbonyl (C=O) groups excluding carboxylic acids is 2. The highest BCUT2D eigenvalue weighted by molar-refractivity contribution is 8.77. The van der Waals surface area contributed by atoms with E-state index in [2.05, 4.69) is 5.32 Å². The summed E-state index contributed by atoms with van der Waals surface area (Å²) in [6.07, 6.45) is 5.74. The Morgan fingerprint density at radius 1 is 1.24 bits per heavy atom. The van der Waals surface area contributed by atoms with Crippen LogP contribution in [-0.2, 0) is 25.6 Å². The number of ether oxygens (including phenoxy) is 2. The minimum absolute atomic E-state index is 0.0115. The predicted octanol–water partition coefficient (Wildman–Crippen LogP) is 3.98. The second kappa shape index (κ2) is 14.2. The van der Waals surface area contributed by atoms with Gasteiger partial charge in [0.1, 0.15) is 0 Å². The van der Waals surface area contributed by atoms with Crippen molar-refractivity contribution in [2.45, 2.75) is 75.6 Å². The zero-order valence-electron chi connectivity index (χ0n) is 19.5. The quantitative estimate of drug-likeness (QED) is 0.173. The van der Waals surface area contributed by atoms with Gasteiger partial charge in [0, 0.05) is 49.6 Å². The fourth-order valence-electron chi connectivity index (χ4n) is 4.24. The van der Waals surface area contributed by atoms with E-state index in [9.17, 15) is 9.59 Å². The van der Waals surface area contributed by atoms with E-state index in [1.165, 1.54) is 18.6 Å². The van der Waals surface area contributed by atoms with Gasteiger partial charge in [0.05, 0.1) is 0 Å². The molecule has 0 aromatic heterocycles. The fourth-order valence-corrected chi connectivity index (χ4v) is 7.27. The van der Waals surface area contributed by atoms with Gasteiger partial charge in [-0.05, 0) is 44.2 Å². The van der Waals surface area contributed by atoms with Gasteiger partial charge in [0.2, 0.25) is 5.91 Å². The highest BCUT2D eigenvalue weighted by Gasteiger charge is 2.33. The Bertz CT molecular complexity index is 761. The van der Waals surface area contributed by atoms with Crippen LogP contribution in [0.4, 0.5) is 0 Å². The molecule has 2 heterocycles. The highest BCUT2D eigenvalue weighted by atomic mass is 33.1. The van der Waals surface area contributed by atoms with E-state index >= 15 is 0 Å². The minimum atomic E-state index is -0.412. The number of methoxy groups -OCH3 is 1. The normalized spacial score (nSPS) is 20.6. The summed E-state index contributed by atoms with van der Waals surface area (Å²) in [5.74, 6) is 1.07. The first-order chi connectivity index (χ1) is 16.1. The summed E-state index contributed by atoms with van der Waals surface area (Å²) in [5, 5.41) is 3.98. The van der Waals surface area contributed by atoms with Crippen molar-refractivity contribution in [2.24, 2.45) is 5.73 Å². The summed E-state index contributed by atoms with van der Waals surface area (Å²) < 4.78 is 11.2. The molecule has 3 unspecified atom stereocenters. The van der Waals surface area contributed by atoms with Crippen LogP contribution in [0.5, 0.6) is 0 Å². The number of hydrogen-bond acceptors (Lipinski definition) is 8. The Labute approximate surface area is 205 Å². The van der Waals surface area contributed by atoms with E-state index < -0.39 is 6.23 Å². The lowest BCUT2D eigenvalue weighted by Gasteiger charge is -2.25. The minimum Gasteiger partial charge on any atom is -0.447 e. The molecule has 0 saturated carbocycles. The van der Waals surface area contributed by atoms with E-state index in [0.717, 1.165) is 35.6 Å². The molecule has 0 spiro atoms. The van der Waals surface area contributed by atoms with E-state index in [4.69, 9.17) is 15.2 Å². The average molecular weight is 496 g/mol. The molecule has 0 bridgehead atoms. The third-order valence-corrected chi connectivity index (χ3v) is 9.03. The molecule has 2 aliphatic rings. The number of nitrogens with one attached hydrogen (secondary N) is 1. The maximum Gasteiger partial charge on any atom is 0.307 e. The summed E-state index contributed by atoms with van der Waals surface area (Å²) >= 11 is 0. The SMILES string of the molecule is COC1c2ccccc2CN1C(=O)CCNC(CCCN)OC(=O)CCCCC1CCSS1. The number of carbonyl (C=O) groups is 2. The molecule has 3 N–H and O–H groups in total. The van der Waals surface area contributed by atoms with Gasteiger partial charge in [-0.25, -0.2) is 0 Å². The van der Waals surface area contributed by atoms with E-state index in [1.54, 1.807) is 12.0 Å². The van der Waals surface area contributed by atoms with Crippen LogP contribution in [0.1, 0.15) is 68.7 Å². The number of fused-ring (bicyclic) bond motifs is 1. The molecule has 2 aliphatic heterocycles. The van der Waals surface area contributed by atoms with Crippen molar-refractivity contribution in [3.05, 3.63) is 35.4 Å². The van der Waals surface area contributed by atoms with Gasteiger partial charge >= 0.3 is 5.97 Å². The monoisotopic (exact) mass is 495 g/mol. The first-order valence-electron chi connectivity index (χ1n) is 11.9.